The van der Waals surface area contributed by atoms with Crippen molar-refractivity contribution in [3.63, 3.8) is 0 Å². The Bertz CT molecular complexity index is 147. The van der Waals surface area contributed by atoms with Crippen LogP contribution in [0, 0.1) is 0 Å². The van der Waals surface area contributed by atoms with Gasteiger partial charge in [0.05, 0.1) is 0 Å². The van der Waals surface area contributed by atoms with Crippen molar-refractivity contribution >= 4 is 5.97 Å². The minimum Gasteiger partial charge on any atom is -0.480 e. The quantitative estimate of drug-likeness (QED) is 0.648. The van der Waals surface area contributed by atoms with Crippen molar-refractivity contribution in [2.45, 2.75) is 32.2 Å². The van der Waals surface area contributed by atoms with Gasteiger partial charge in [0, 0.05) is 0 Å². The predicted molar refractivity (Wildman–Crippen MR) is 42.5 cm³/mol. The van der Waals surface area contributed by atoms with Gasteiger partial charge in [-0.05, 0) is 25.9 Å². The monoisotopic (exact) mass is 157 g/mol. The first-order valence-electron chi connectivity index (χ1n) is 4.22. The summed E-state index contributed by atoms with van der Waals surface area (Å²) in [6, 6.07) is -0.214. The summed E-state index contributed by atoms with van der Waals surface area (Å²) < 4.78 is 0. The molecule has 1 heterocycles. The van der Waals surface area contributed by atoms with Crippen LogP contribution in [0.1, 0.15) is 26.2 Å². The third kappa shape index (κ3) is 1.93. The van der Waals surface area contributed by atoms with Crippen LogP contribution in [0.4, 0.5) is 0 Å². The second-order valence-corrected chi connectivity index (χ2v) is 2.98. The summed E-state index contributed by atoms with van der Waals surface area (Å²) in [5.74, 6) is -0.661. The zero-order valence-corrected chi connectivity index (χ0v) is 6.92. The van der Waals surface area contributed by atoms with Crippen LogP contribution in [0.5, 0.6) is 0 Å². The molecule has 1 aliphatic heterocycles. The fourth-order valence-corrected chi connectivity index (χ4v) is 1.65. The fraction of sp³-hybridized carbons (Fsp3) is 0.875. The summed E-state index contributed by atoms with van der Waals surface area (Å²) in [5.41, 5.74) is 0. The molecule has 0 unspecified atom stereocenters. The highest BCUT2D eigenvalue weighted by Crippen LogP contribution is 2.16. The van der Waals surface area contributed by atoms with Crippen molar-refractivity contribution in [3.05, 3.63) is 0 Å². The zero-order valence-electron chi connectivity index (χ0n) is 6.92. The molecule has 0 aromatic carbocycles. The topological polar surface area (TPSA) is 40.5 Å². The Morgan fingerprint density at radius 2 is 2.36 bits per heavy atom. The Balaban J connectivity index is 2.51. The molecule has 0 spiro atoms. The second-order valence-electron chi connectivity index (χ2n) is 2.98. The predicted octanol–water partition coefficient (Wildman–Crippen LogP) is 0.945. The van der Waals surface area contributed by atoms with Gasteiger partial charge in [-0.3, -0.25) is 9.69 Å². The minimum atomic E-state index is -0.661. The van der Waals surface area contributed by atoms with Gasteiger partial charge in [-0.1, -0.05) is 13.3 Å². The molecule has 0 saturated carbocycles. The molecule has 0 aromatic heterocycles. The molecular formula is C8H15NO2. The lowest BCUT2D eigenvalue weighted by atomic mass is 10.0. The molecule has 1 aliphatic rings. The molecule has 1 N–H and O–H groups in total. The molecule has 0 amide bonds. The van der Waals surface area contributed by atoms with Crippen molar-refractivity contribution in [1.29, 1.82) is 0 Å². The number of carboxylic acid groups (broad SMARTS) is 1. The highest BCUT2D eigenvalue weighted by Gasteiger charge is 2.26. The number of rotatable bonds is 2. The number of hydrogen-bond donors (Lipinski definition) is 1. The van der Waals surface area contributed by atoms with E-state index in [0.717, 1.165) is 32.4 Å². The van der Waals surface area contributed by atoms with Crippen molar-refractivity contribution in [3.8, 4) is 0 Å². The first-order valence-corrected chi connectivity index (χ1v) is 4.22. The lowest BCUT2D eigenvalue weighted by Gasteiger charge is -2.31. The third-order valence-corrected chi connectivity index (χ3v) is 2.30. The van der Waals surface area contributed by atoms with Gasteiger partial charge < -0.3 is 5.11 Å². The smallest absolute Gasteiger partial charge is 0.320 e. The maximum absolute atomic E-state index is 10.7. The van der Waals surface area contributed by atoms with Gasteiger partial charge in [-0.2, -0.15) is 0 Å². The standard InChI is InChI=1S/C8H15NO2/c1-2-9-6-4-3-5-7(9)8(10)11/h7H,2-6H2,1H3,(H,10,11)/t7-/m1/s1. The molecule has 1 rings (SSSR count). The Morgan fingerprint density at radius 3 is 2.82 bits per heavy atom. The van der Waals surface area contributed by atoms with E-state index in [0.29, 0.717) is 0 Å². The van der Waals surface area contributed by atoms with Gasteiger partial charge in [0.25, 0.3) is 0 Å². The summed E-state index contributed by atoms with van der Waals surface area (Å²) in [6.45, 7) is 3.83. The SMILES string of the molecule is CCN1CCCC[C@@H]1C(=O)O. The number of likely N-dealkylation sites (N-methyl/N-ethyl adjacent to an activating group) is 1. The molecule has 0 radical (unpaired) electrons. The largest absolute Gasteiger partial charge is 0.480 e. The number of likely N-dealkylation sites (tertiary alicyclic amines) is 1. The summed E-state index contributed by atoms with van der Waals surface area (Å²) in [4.78, 5) is 12.7. The van der Waals surface area contributed by atoms with Crippen LogP contribution < -0.4 is 0 Å². The molecule has 1 fully saturated rings. The number of carbonyl (C=O) groups is 1. The molecule has 3 nitrogen and oxygen atoms in total. The lowest BCUT2D eigenvalue weighted by Crippen LogP contribution is -2.44. The number of aliphatic carboxylic acids is 1. The van der Waals surface area contributed by atoms with Crippen LogP contribution in [0.25, 0.3) is 0 Å². The summed E-state index contributed by atoms with van der Waals surface area (Å²) in [5, 5.41) is 8.80. The van der Waals surface area contributed by atoms with Gasteiger partial charge in [0.1, 0.15) is 6.04 Å². The Kier molecular flexibility index (Phi) is 2.88. The van der Waals surface area contributed by atoms with Crippen LogP contribution >= 0.6 is 0 Å². The Hall–Kier alpha value is -0.570. The molecule has 1 saturated heterocycles. The second kappa shape index (κ2) is 3.72. The van der Waals surface area contributed by atoms with E-state index in [1.165, 1.54) is 0 Å². The van der Waals surface area contributed by atoms with Crippen molar-refractivity contribution in [2.24, 2.45) is 0 Å². The first kappa shape index (κ1) is 8.53. The van der Waals surface area contributed by atoms with E-state index >= 15 is 0 Å². The van der Waals surface area contributed by atoms with Crippen molar-refractivity contribution < 1.29 is 9.90 Å². The van der Waals surface area contributed by atoms with Crippen LogP contribution in [0.15, 0.2) is 0 Å². The molecule has 1 atom stereocenters. The number of hydrogen-bond acceptors (Lipinski definition) is 2. The zero-order chi connectivity index (χ0) is 8.27. The van der Waals surface area contributed by atoms with E-state index in [9.17, 15) is 4.79 Å². The maximum atomic E-state index is 10.7. The highest BCUT2D eigenvalue weighted by molar-refractivity contribution is 5.73. The fourth-order valence-electron chi connectivity index (χ4n) is 1.65. The summed E-state index contributed by atoms with van der Waals surface area (Å²) in [7, 11) is 0. The normalized spacial score (nSPS) is 26.8. The molecule has 3 heteroatoms. The van der Waals surface area contributed by atoms with Crippen molar-refractivity contribution in [2.75, 3.05) is 13.1 Å². The van der Waals surface area contributed by atoms with E-state index in [4.69, 9.17) is 5.11 Å². The third-order valence-electron chi connectivity index (χ3n) is 2.30. The van der Waals surface area contributed by atoms with Gasteiger partial charge in [0.15, 0.2) is 0 Å². The Morgan fingerprint density at radius 1 is 1.64 bits per heavy atom. The summed E-state index contributed by atoms with van der Waals surface area (Å²) in [6.07, 6.45) is 3.04. The van der Waals surface area contributed by atoms with E-state index < -0.39 is 5.97 Å². The molecule has 0 aliphatic carbocycles. The average molecular weight is 157 g/mol. The van der Waals surface area contributed by atoms with Gasteiger partial charge in [0.2, 0.25) is 0 Å². The van der Waals surface area contributed by atoms with Crippen LogP contribution in [-0.2, 0) is 4.79 Å². The van der Waals surface area contributed by atoms with Gasteiger partial charge >= 0.3 is 5.97 Å². The van der Waals surface area contributed by atoms with Gasteiger partial charge in [-0.15, -0.1) is 0 Å². The minimum absolute atomic E-state index is 0.214. The van der Waals surface area contributed by atoms with E-state index in [2.05, 4.69) is 0 Å². The highest BCUT2D eigenvalue weighted by atomic mass is 16.4. The summed E-state index contributed by atoms with van der Waals surface area (Å²) >= 11 is 0. The van der Waals surface area contributed by atoms with E-state index in [-0.39, 0.29) is 6.04 Å². The van der Waals surface area contributed by atoms with Crippen molar-refractivity contribution in [1.82, 2.24) is 4.90 Å². The molecule has 0 aromatic rings. The Labute approximate surface area is 67.0 Å². The van der Waals surface area contributed by atoms with Crippen LogP contribution in [0.2, 0.25) is 0 Å². The van der Waals surface area contributed by atoms with Crippen LogP contribution in [0.3, 0.4) is 0 Å². The number of piperidine rings is 1. The molecule has 0 bridgehead atoms. The van der Waals surface area contributed by atoms with Gasteiger partial charge in [-0.25, -0.2) is 0 Å². The maximum Gasteiger partial charge on any atom is 0.320 e. The van der Waals surface area contributed by atoms with E-state index in [1.807, 2.05) is 11.8 Å². The molecule has 11 heavy (non-hydrogen) atoms. The molecule has 64 valence electrons. The average Bonchev–Trinajstić information content (AvgIpc) is 2.04. The number of carboxylic acids is 1. The molecular weight excluding hydrogens is 142 g/mol. The van der Waals surface area contributed by atoms with E-state index in [1.54, 1.807) is 0 Å². The lowest BCUT2D eigenvalue weighted by molar-refractivity contribution is -0.144. The number of nitrogens with zero attached hydrogens (tertiary/aromatic N) is 1. The van der Waals surface area contributed by atoms with Crippen LogP contribution in [-0.4, -0.2) is 35.1 Å². The first-order chi connectivity index (χ1) is 5.25.